The first-order valence-corrected chi connectivity index (χ1v) is 8.65. The van der Waals surface area contributed by atoms with E-state index in [2.05, 4.69) is 19.9 Å². The summed E-state index contributed by atoms with van der Waals surface area (Å²) >= 11 is 0. The van der Waals surface area contributed by atoms with Crippen LogP contribution in [0.3, 0.4) is 0 Å². The molecule has 0 aromatic carbocycles. The van der Waals surface area contributed by atoms with Crippen molar-refractivity contribution in [2.24, 2.45) is 17.3 Å². The molecular weight excluding hydrogens is 272 g/mol. The summed E-state index contributed by atoms with van der Waals surface area (Å²) in [5.41, 5.74) is 2.95. The summed E-state index contributed by atoms with van der Waals surface area (Å²) in [5, 5.41) is 0. The van der Waals surface area contributed by atoms with Crippen LogP contribution in [0, 0.1) is 17.3 Å². The summed E-state index contributed by atoms with van der Waals surface area (Å²) in [6, 6.07) is 0. The van der Waals surface area contributed by atoms with E-state index in [1.54, 1.807) is 0 Å². The molecule has 2 nitrogen and oxygen atoms in total. The highest BCUT2D eigenvalue weighted by atomic mass is 16.1. The van der Waals surface area contributed by atoms with Crippen LogP contribution in [0.2, 0.25) is 0 Å². The van der Waals surface area contributed by atoms with E-state index in [4.69, 9.17) is 0 Å². The van der Waals surface area contributed by atoms with Crippen LogP contribution in [0.1, 0.15) is 73.1 Å². The molecule has 0 aliphatic heterocycles. The summed E-state index contributed by atoms with van der Waals surface area (Å²) in [4.78, 5) is 25.5. The molecule has 2 heteroatoms. The lowest BCUT2D eigenvalue weighted by Gasteiger charge is -2.31. The highest BCUT2D eigenvalue weighted by Crippen LogP contribution is 2.50. The quantitative estimate of drug-likeness (QED) is 0.464. The van der Waals surface area contributed by atoms with Gasteiger partial charge in [-0.15, -0.1) is 0 Å². The molecule has 0 amide bonds. The Hall–Kier alpha value is -1.18. The number of hydrogen-bond donors (Lipinski definition) is 0. The zero-order valence-electron chi connectivity index (χ0n) is 14.8. The molecule has 122 valence electrons. The van der Waals surface area contributed by atoms with Gasteiger partial charge in [0.15, 0.2) is 5.78 Å². The van der Waals surface area contributed by atoms with Crippen LogP contribution in [0.4, 0.5) is 0 Å². The van der Waals surface area contributed by atoms with Crippen molar-refractivity contribution in [1.29, 1.82) is 0 Å². The number of carbonyl (C=O) groups is 2. The number of hydrogen-bond acceptors (Lipinski definition) is 2. The van der Waals surface area contributed by atoms with Crippen molar-refractivity contribution >= 4 is 11.6 Å². The van der Waals surface area contributed by atoms with Gasteiger partial charge >= 0.3 is 0 Å². The van der Waals surface area contributed by atoms with E-state index in [-0.39, 0.29) is 11.7 Å². The van der Waals surface area contributed by atoms with E-state index >= 15 is 0 Å². The van der Waals surface area contributed by atoms with Gasteiger partial charge in [0.1, 0.15) is 5.78 Å². The molecule has 3 atom stereocenters. The highest BCUT2D eigenvalue weighted by Gasteiger charge is 2.51. The van der Waals surface area contributed by atoms with E-state index in [1.807, 2.05) is 20.8 Å². The minimum Gasteiger partial charge on any atom is -0.299 e. The summed E-state index contributed by atoms with van der Waals surface area (Å²) in [6.07, 6.45) is 7.39. The van der Waals surface area contributed by atoms with Crippen LogP contribution in [0.25, 0.3) is 0 Å². The summed E-state index contributed by atoms with van der Waals surface area (Å²) < 4.78 is 0. The second kappa shape index (κ2) is 6.52. The fourth-order valence-electron chi connectivity index (χ4n) is 4.19. The predicted octanol–water partition coefficient (Wildman–Crippen LogP) is 5.03. The van der Waals surface area contributed by atoms with Gasteiger partial charge in [-0.3, -0.25) is 9.59 Å². The monoisotopic (exact) mass is 302 g/mol. The number of carbonyl (C=O) groups excluding carboxylic acids is 2. The Morgan fingerprint density at radius 1 is 1.23 bits per heavy atom. The minimum atomic E-state index is -0.484. The van der Waals surface area contributed by atoms with Gasteiger partial charge in [0.2, 0.25) is 0 Å². The van der Waals surface area contributed by atoms with Crippen molar-refractivity contribution in [2.75, 3.05) is 0 Å². The van der Waals surface area contributed by atoms with Crippen LogP contribution in [0.5, 0.6) is 0 Å². The topological polar surface area (TPSA) is 34.1 Å². The molecule has 0 bridgehead atoms. The lowest BCUT2D eigenvalue weighted by molar-refractivity contribution is -0.132. The molecule has 0 saturated heterocycles. The number of rotatable bonds is 0. The molecule has 1 fully saturated rings. The van der Waals surface area contributed by atoms with E-state index < -0.39 is 5.41 Å². The average Bonchev–Trinajstić information content (AvgIpc) is 2.67. The SMILES string of the molecule is CC(C)=C1C(=O)C[C@]2(C)C(=O)C[C@@H](C)CC/C=C(\C)CC[C@@H]12. The van der Waals surface area contributed by atoms with Crippen LogP contribution in [-0.4, -0.2) is 11.6 Å². The first-order valence-electron chi connectivity index (χ1n) is 8.65. The lowest BCUT2D eigenvalue weighted by atomic mass is 9.70. The van der Waals surface area contributed by atoms with Gasteiger partial charge in [0, 0.05) is 24.2 Å². The summed E-state index contributed by atoms with van der Waals surface area (Å²) in [6.45, 7) is 10.4. The maximum absolute atomic E-state index is 13.0. The van der Waals surface area contributed by atoms with Crippen molar-refractivity contribution in [2.45, 2.75) is 73.1 Å². The van der Waals surface area contributed by atoms with Crippen LogP contribution >= 0.6 is 0 Å². The molecule has 0 radical (unpaired) electrons. The molecule has 0 heterocycles. The summed E-state index contributed by atoms with van der Waals surface area (Å²) in [5.74, 6) is 1.01. The fraction of sp³-hybridized carbons (Fsp3) is 0.700. The van der Waals surface area contributed by atoms with Crippen molar-refractivity contribution in [3.05, 3.63) is 22.8 Å². The zero-order chi connectivity index (χ0) is 16.5. The third kappa shape index (κ3) is 3.26. The number of allylic oxidation sites excluding steroid dienone is 4. The molecule has 2 aliphatic carbocycles. The largest absolute Gasteiger partial charge is 0.299 e. The average molecular weight is 302 g/mol. The Labute approximate surface area is 135 Å². The first-order chi connectivity index (χ1) is 10.3. The predicted molar refractivity (Wildman–Crippen MR) is 90.6 cm³/mol. The molecule has 0 aromatic rings. The van der Waals surface area contributed by atoms with Crippen molar-refractivity contribution in [3.63, 3.8) is 0 Å². The molecule has 22 heavy (non-hydrogen) atoms. The number of ketones is 2. The molecule has 2 rings (SSSR count). The van der Waals surface area contributed by atoms with E-state index in [0.29, 0.717) is 24.5 Å². The molecule has 0 spiro atoms. The normalized spacial score (nSPS) is 36.4. The third-order valence-corrected chi connectivity index (χ3v) is 5.63. The Morgan fingerprint density at radius 2 is 1.91 bits per heavy atom. The lowest BCUT2D eigenvalue weighted by Crippen LogP contribution is -2.33. The van der Waals surface area contributed by atoms with Crippen LogP contribution in [0.15, 0.2) is 22.8 Å². The summed E-state index contributed by atoms with van der Waals surface area (Å²) in [7, 11) is 0. The standard InChI is InChI=1S/C20H30O2/c1-13(2)19-16-10-9-14(3)7-6-8-15(4)11-18(22)20(16,5)12-17(19)21/h7,15-16H,6,8-12H2,1-5H3/b14-7+/t15-,16-,20-/m0/s1. The van der Waals surface area contributed by atoms with Gasteiger partial charge in [-0.05, 0) is 57.9 Å². The van der Waals surface area contributed by atoms with Gasteiger partial charge < -0.3 is 0 Å². The Bertz CT molecular complexity index is 534. The molecule has 0 unspecified atom stereocenters. The van der Waals surface area contributed by atoms with E-state index in [1.165, 1.54) is 5.57 Å². The van der Waals surface area contributed by atoms with Gasteiger partial charge in [-0.2, -0.15) is 0 Å². The minimum absolute atomic E-state index is 0.103. The molecule has 1 saturated carbocycles. The second-order valence-electron chi connectivity index (χ2n) is 7.88. The number of fused-ring (bicyclic) bond motifs is 1. The van der Waals surface area contributed by atoms with Crippen molar-refractivity contribution < 1.29 is 9.59 Å². The fourth-order valence-corrected chi connectivity index (χ4v) is 4.19. The number of Topliss-reactive ketones (excluding diaryl/α,β-unsaturated/α-hetero) is 2. The van der Waals surface area contributed by atoms with E-state index in [0.717, 1.165) is 36.8 Å². The maximum Gasteiger partial charge on any atom is 0.160 e. The Balaban J connectivity index is 2.43. The van der Waals surface area contributed by atoms with Gasteiger partial charge in [0.25, 0.3) is 0 Å². The Kier molecular flexibility index (Phi) is 5.09. The van der Waals surface area contributed by atoms with Crippen molar-refractivity contribution in [1.82, 2.24) is 0 Å². The molecule has 0 aromatic heterocycles. The van der Waals surface area contributed by atoms with Gasteiger partial charge in [-0.1, -0.05) is 31.1 Å². The molecule has 0 N–H and O–H groups in total. The molecule has 2 aliphatic rings. The first kappa shape index (κ1) is 17.2. The smallest absolute Gasteiger partial charge is 0.160 e. The van der Waals surface area contributed by atoms with Gasteiger partial charge in [0.05, 0.1) is 0 Å². The molecular formula is C20H30O2. The third-order valence-electron chi connectivity index (χ3n) is 5.63. The van der Waals surface area contributed by atoms with Crippen molar-refractivity contribution in [3.8, 4) is 0 Å². The Morgan fingerprint density at radius 3 is 2.55 bits per heavy atom. The second-order valence-corrected chi connectivity index (χ2v) is 7.88. The highest BCUT2D eigenvalue weighted by molar-refractivity contribution is 6.05. The van der Waals surface area contributed by atoms with Crippen LogP contribution in [-0.2, 0) is 9.59 Å². The van der Waals surface area contributed by atoms with Crippen LogP contribution < -0.4 is 0 Å². The zero-order valence-corrected chi connectivity index (χ0v) is 14.8. The maximum atomic E-state index is 13.0. The van der Waals surface area contributed by atoms with Gasteiger partial charge in [-0.25, -0.2) is 0 Å². The van der Waals surface area contributed by atoms with E-state index in [9.17, 15) is 9.59 Å².